The molecule has 0 aromatic carbocycles. The van der Waals surface area contributed by atoms with Gasteiger partial charge in [-0.3, -0.25) is 4.98 Å². The van der Waals surface area contributed by atoms with Gasteiger partial charge in [0.2, 0.25) is 0 Å². The van der Waals surface area contributed by atoms with Crippen molar-refractivity contribution in [1.82, 2.24) is 10.3 Å². The monoisotopic (exact) mass is 210 g/mol. The van der Waals surface area contributed by atoms with Crippen LogP contribution in [0.15, 0.2) is 11.7 Å². The molecule has 1 heterocycles. The lowest BCUT2D eigenvalue weighted by molar-refractivity contribution is 0.417. The lowest BCUT2D eigenvalue weighted by atomic mass is 10.0. The van der Waals surface area contributed by atoms with Crippen LogP contribution in [0.1, 0.15) is 44.0 Å². The molecule has 3 heteroatoms. The molecule has 1 aromatic heterocycles. The predicted molar refractivity (Wildman–Crippen MR) is 60.5 cm³/mol. The standard InChI is InChI=1S/C11H18N2S/c1-3-11(4-5-11)7-13-9(2)10-6-12-8-14-10/h6,8-9,13H,3-5,7H2,1-2H3. The van der Waals surface area contributed by atoms with Crippen LogP contribution < -0.4 is 5.32 Å². The van der Waals surface area contributed by atoms with Crippen LogP contribution in [-0.2, 0) is 0 Å². The number of nitrogens with one attached hydrogen (secondary N) is 1. The summed E-state index contributed by atoms with van der Waals surface area (Å²) in [6, 6.07) is 0.464. The largest absolute Gasteiger partial charge is 0.309 e. The van der Waals surface area contributed by atoms with Crippen molar-refractivity contribution < 1.29 is 0 Å². The Balaban J connectivity index is 1.81. The van der Waals surface area contributed by atoms with E-state index in [0.717, 1.165) is 0 Å². The lowest BCUT2D eigenvalue weighted by Gasteiger charge is -2.17. The van der Waals surface area contributed by atoms with Crippen LogP contribution in [0.3, 0.4) is 0 Å². The third-order valence-corrected chi connectivity index (χ3v) is 4.33. The van der Waals surface area contributed by atoms with Crippen LogP contribution in [-0.4, -0.2) is 11.5 Å². The highest BCUT2D eigenvalue weighted by atomic mass is 32.1. The highest BCUT2D eigenvalue weighted by Gasteiger charge is 2.40. The van der Waals surface area contributed by atoms with E-state index in [1.165, 1.54) is 30.7 Å². The maximum absolute atomic E-state index is 4.10. The van der Waals surface area contributed by atoms with Crippen LogP contribution in [0.5, 0.6) is 0 Å². The molecule has 78 valence electrons. The molecular weight excluding hydrogens is 192 g/mol. The second kappa shape index (κ2) is 3.99. The van der Waals surface area contributed by atoms with Crippen LogP contribution >= 0.6 is 11.3 Å². The molecular formula is C11H18N2S. The fraction of sp³-hybridized carbons (Fsp3) is 0.727. The average Bonchev–Trinajstić information content (AvgIpc) is 2.78. The number of hydrogen-bond acceptors (Lipinski definition) is 3. The minimum Gasteiger partial charge on any atom is -0.309 e. The second-order valence-corrected chi connectivity index (χ2v) is 5.28. The molecule has 2 nitrogen and oxygen atoms in total. The van der Waals surface area contributed by atoms with Gasteiger partial charge < -0.3 is 5.32 Å². The molecule has 1 N–H and O–H groups in total. The van der Waals surface area contributed by atoms with E-state index < -0.39 is 0 Å². The van der Waals surface area contributed by atoms with Crippen LogP contribution in [0.4, 0.5) is 0 Å². The normalized spacial score (nSPS) is 20.7. The Morgan fingerprint density at radius 1 is 1.64 bits per heavy atom. The summed E-state index contributed by atoms with van der Waals surface area (Å²) < 4.78 is 0. The minimum absolute atomic E-state index is 0.464. The van der Waals surface area contributed by atoms with E-state index in [1.54, 1.807) is 11.3 Å². The quantitative estimate of drug-likeness (QED) is 0.808. The molecule has 0 spiro atoms. The molecule has 0 radical (unpaired) electrons. The topological polar surface area (TPSA) is 24.9 Å². The zero-order valence-electron chi connectivity index (χ0n) is 8.92. The molecule has 1 saturated carbocycles. The smallest absolute Gasteiger partial charge is 0.0794 e. The number of rotatable bonds is 5. The molecule has 1 fully saturated rings. The number of hydrogen-bond donors (Lipinski definition) is 1. The molecule has 0 saturated heterocycles. The molecule has 1 aliphatic carbocycles. The Labute approximate surface area is 89.8 Å². The van der Waals surface area contributed by atoms with Gasteiger partial charge in [-0.2, -0.15) is 0 Å². The van der Waals surface area contributed by atoms with Gasteiger partial charge >= 0.3 is 0 Å². The Morgan fingerprint density at radius 3 is 2.93 bits per heavy atom. The third kappa shape index (κ3) is 2.15. The summed E-state index contributed by atoms with van der Waals surface area (Å²) in [5.74, 6) is 0. The molecule has 0 bridgehead atoms. The first-order chi connectivity index (χ1) is 6.76. The van der Waals surface area contributed by atoms with Crippen molar-refractivity contribution in [2.24, 2.45) is 5.41 Å². The summed E-state index contributed by atoms with van der Waals surface area (Å²) in [4.78, 5) is 5.45. The van der Waals surface area contributed by atoms with Gasteiger partial charge in [0, 0.05) is 23.7 Å². The molecule has 2 rings (SSSR count). The number of nitrogens with zero attached hydrogens (tertiary/aromatic N) is 1. The van der Waals surface area contributed by atoms with Gasteiger partial charge in [0.05, 0.1) is 5.51 Å². The van der Waals surface area contributed by atoms with E-state index in [9.17, 15) is 0 Å². The van der Waals surface area contributed by atoms with Crippen LogP contribution in [0.2, 0.25) is 0 Å². The molecule has 1 atom stereocenters. The molecule has 1 unspecified atom stereocenters. The first kappa shape index (κ1) is 10.1. The van der Waals surface area contributed by atoms with Gasteiger partial charge in [-0.05, 0) is 31.6 Å². The predicted octanol–water partition coefficient (Wildman–Crippen LogP) is 2.98. The average molecular weight is 210 g/mol. The second-order valence-electron chi connectivity index (χ2n) is 4.36. The first-order valence-corrected chi connectivity index (χ1v) is 6.25. The van der Waals surface area contributed by atoms with E-state index in [2.05, 4.69) is 24.1 Å². The van der Waals surface area contributed by atoms with Crippen LogP contribution in [0.25, 0.3) is 0 Å². The molecule has 1 aliphatic rings. The van der Waals surface area contributed by atoms with Crippen molar-refractivity contribution in [2.45, 2.75) is 39.2 Å². The maximum atomic E-state index is 4.10. The van der Waals surface area contributed by atoms with Gasteiger partial charge in [-0.25, -0.2) is 0 Å². The fourth-order valence-corrected chi connectivity index (χ4v) is 2.39. The molecule has 1 aromatic rings. The minimum atomic E-state index is 0.464. The Bertz CT molecular complexity index is 277. The number of thiazole rings is 1. The van der Waals surface area contributed by atoms with Crippen molar-refractivity contribution in [3.63, 3.8) is 0 Å². The van der Waals surface area contributed by atoms with Gasteiger partial charge in [0.15, 0.2) is 0 Å². The molecule has 0 amide bonds. The highest BCUT2D eigenvalue weighted by Crippen LogP contribution is 2.48. The lowest BCUT2D eigenvalue weighted by Crippen LogP contribution is -2.25. The van der Waals surface area contributed by atoms with E-state index in [4.69, 9.17) is 0 Å². The van der Waals surface area contributed by atoms with E-state index in [0.29, 0.717) is 11.5 Å². The fourth-order valence-electron chi connectivity index (χ4n) is 1.74. The van der Waals surface area contributed by atoms with E-state index in [-0.39, 0.29) is 0 Å². The van der Waals surface area contributed by atoms with Crippen molar-refractivity contribution >= 4 is 11.3 Å². The van der Waals surface area contributed by atoms with E-state index in [1.807, 2.05) is 11.7 Å². The first-order valence-electron chi connectivity index (χ1n) is 5.37. The van der Waals surface area contributed by atoms with Gasteiger partial charge in [-0.15, -0.1) is 11.3 Å². The van der Waals surface area contributed by atoms with E-state index >= 15 is 0 Å². The maximum Gasteiger partial charge on any atom is 0.0794 e. The summed E-state index contributed by atoms with van der Waals surface area (Å²) in [5, 5.41) is 3.61. The summed E-state index contributed by atoms with van der Waals surface area (Å²) in [6.07, 6.45) is 6.10. The van der Waals surface area contributed by atoms with Crippen molar-refractivity contribution in [3.05, 3.63) is 16.6 Å². The summed E-state index contributed by atoms with van der Waals surface area (Å²) >= 11 is 1.74. The van der Waals surface area contributed by atoms with Gasteiger partial charge in [0.25, 0.3) is 0 Å². The Kier molecular flexibility index (Phi) is 2.88. The summed E-state index contributed by atoms with van der Waals surface area (Å²) in [7, 11) is 0. The van der Waals surface area contributed by atoms with Gasteiger partial charge in [-0.1, -0.05) is 6.92 Å². The van der Waals surface area contributed by atoms with Crippen molar-refractivity contribution in [1.29, 1.82) is 0 Å². The Morgan fingerprint density at radius 2 is 2.43 bits per heavy atom. The van der Waals surface area contributed by atoms with Gasteiger partial charge in [0.1, 0.15) is 0 Å². The number of aromatic nitrogens is 1. The highest BCUT2D eigenvalue weighted by molar-refractivity contribution is 7.09. The summed E-state index contributed by atoms with van der Waals surface area (Å²) in [6.45, 7) is 5.69. The van der Waals surface area contributed by atoms with Crippen molar-refractivity contribution in [2.75, 3.05) is 6.54 Å². The molecule has 0 aliphatic heterocycles. The SMILES string of the molecule is CCC1(CNC(C)c2cncs2)CC1. The Hall–Kier alpha value is -0.410. The third-order valence-electron chi connectivity index (χ3n) is 3.37. The molecule has 14 heavy (non-hydrogen) atoms. The zero-order valence-corrected chi connectivity index (χ0v) is 9.73. The van der Waals surface area contributed by atoms with Crippen LogP contribution in [0, 0.1) is 5.41 Å². The summed E-state index contributed by atoms with van der Waals surface area (Å²) in [5.41, 5.74) is 2.54. The van der Waals surface area contributed by atoms with Crippen molar-refractivity contribution in [3.8, 4) is 0 Å². The zero-order chi connectivity index (χ0) is 10.0.